The van der Waals surface area contributed by atoms with Crippen LogP contribution in [0, 0.1) is 5.25 Å². The van der Waals surface area contributed by atoms with Gasteiger partial charge in [0.05, 0.1) is 5.25 Å². The van der Waals surface area contributed by atoms with E-state index in [0.717, 1.165) is 0 Å². The third kappa shape index (κ3) is 2.59. The summed E-state index contributed by atoms with van der Waals surface area (Å²) in [5, 5.41) is 1.67. The van der Waals surface area contributed by atoms with Gasteiger partial charge in [-0.1, -0.05) is 13.8 Å². The third-order valence-electron chi connectivity index (χ3n) is 1.64. The van der Waals surface area contributed by atoms with E-state index < -0.39 is 0 Å². The van der Waals surface area contributed by atoms with Crippen molar-refractivity contribution in [3.8, 4) is 0 Å². The molecule has 9 heavy (non-hydrogen) atoms. The van der Waals surface area contributed by atoms with Gasteiger partial charge in [-0.25, -0.2) is 0 Å². The van der Waals surface area contributed by atoms with Crippen molar-refractivity contribution in [3.63, 3.8) is 0 Å². The van der Waals surface area contributed by atoms with Gasteiger partial charge in [0, 0.05) is 12.3 Å². The number of hydrogen-bond acceptors (Lipinski definition) is 2. The smallest absolute Gasteiger partial charge is 0.0544 e. The van der Waals surface area contributed by atoms with Crippen molar-refractivity contribution >= 4 is 11.8 Å². The molecule has 53 valence electrons. The number of thioether (sulfide) groups is 1. The Kier molecular flexibility index (Phi) is 2.86. The molecular weight excluding hydrogens is 130 g/mol. The Hall–Kier alpha value is 0.310. The largest absolute Gasteiger partial charge is 0.302 e. The minimum absolute atomic E-state index is 1.20. The summed E-state index contributed by atoms with van der Waals surface area (Å²) in [5.74, 6) is 1.32. The van der Waals surface area contributed by atoms with E-state index in [4.69, 9.17) is 0 Å². The average molecular weight is 144 g/mol. The maximum Gasteiger partial charge on any atom is 0.0544 e. The quantitative estimate of drug-likeness (QED) is 0.551. The number of nitrogens with zero attached hydrogens (tertiary/aromatic N) is 1. The van der Waals surface area contributed by atoms with Crippen molar-refractivity contribution in [1.82, 2.24) is 4.90 Å². The summed E-state index contributed by atoms with van der Waals surface area (Å²) < 4.78 is 0. The highest BCUT2D eigenvalue weighted by Gasteiger charge is 2.24. The van der Waals surface area contributed by atoms with Crippen LogP contribution >= 0.6 is 11.8 Å². The normalized spacial score (nSPS) is 19.0. The van der Waals surface area contributed by atoms with Crippen LogP contribution in [-0.2, 0) is 0 Å². The molecule has 1 aliphatic rings. The molecule has 2 heteroatoms. The highest BCUT2D eigenvalue weighted by Crippen LogP contribution is 2.39. The van der Waals surface area contributed by atoms with Crippen LogP contribution < -0.4 is 0 Å². The summed E-state index contributed by atoms with van der Waals surface area (Å²) in [6.07, 6.45) is 0. The molecule has 1 fully saturated rings. The zero-order valence-corrected chi connectivity index (χ0v) is 7.00. The molecule has 1 rings (SSSR count). The minimum atomic E-state index is 1.20. The highest BCUT2D eigenvalue weighted by molar-refractivity contribution is 8.09. The molecule has 0 amide bonds. The second kappa shape index (κ2) is 3.47. The van der Waals surface area contributed by atoms with Crippen molar-refractivity contribution in [3.05, 3.63) is 5.25 Å². The number of hydrogen-bond donors (Lipinski definition) is 0. The molecule has 0 unspecified atom stereocenters. The molecule has 1 nitrogen and oxygen atoms in total. The molecule has 1 saturated heterocycles. The fourth-order valence-electron chi connectivity index (χ4n) is 0.839. The molecule has 0 saturated carbocycles. The van der Waals surface area contributed by atoms with Crippen LogP contribution in [-0.4, -0.2) is 30.3 Å². The van der Waals surface area contributed by atoms with Crippen molar-refractivity contribution < 1.29 is 0 Å². The Labute approximate surface area is 61.8 Å². The minimum Gasteiger partial charge on any atom is -0.302 e. The first-order valence-electron chi connectivity index (χ1n) is 3.56. The molecule has 1 radical (unpaired) electrons. The standard InChI is InChI=1S/C7H14NS/c1-3-8(4-2)5-7-6-9-7/h3-6H2,1-2H3. The van der Waals surface area contributed by atoms with Crippen LogP contribution in [0.1, 0.15) is 13.8 Å². The van der Waals surface area contributed by atoms with Crippen LogP contribution in [0.5, 0.6) is 0 Å². The van der Waals surface area contributed by atoms with E-state index in [0.29, 0.717) is 0 Å². The van der Waals surface area contributed by atoms with Crippen LogP contribution in [0.4, 0.5) is 0 Å². The van der Waals surface area contributed by atoms with Gasteiger partial charge in [0.2, 0.25) is 0 Å². The summed E-state index contributed by atoms with van der Waals surface area (Å²) in [4.78, 5) is 2.45. The first-order chi connectivity index (χ1) is 4.36. The summed E-state index contributed by atoms with van der Waals surface area (Å²) in [7, 11) is 0. The van der Waals surface area contributed by atoms with E-state index in [9.17, 15) is 0 Å². The average Bonchev–Trinajstić information content (AvgIpc) is 2.66. The Morgan fingerprint density at radius 2 is 2.00 bits per heavy atom. The lowest BCUT2D eigenvalue weighted by molar-refractivity contribution is 0.328. The van der Waals surface area contributed by atoms with Crippen molar-refractivity contribution in [2.24, 2.45) is 0 Å². The van der Waals surface area contributed by atoms with Gasteiger partial charge in [0.25, 0.3) is 0 Å². The molecule has 0 atom stereocenters. The van der Waals surface area contributed by atoms with Crippen LogP contribution in [0.3, 0.4) is 0 Å². The zero-order valence-electron chi connectivity index (χ0n) is 6.18. The third-order valence-corrected chi connectivity index (χ3v) is 2.47. The van der Waals surface area contributed by atoms with E-state index in [2.05, 4.69) is 18.7 Å². The molecule has 1 aliphatic heterocycles. The number of rotatable bonds is 4. The maximum atomic E-state index is 2.45. The van der Waals surface area contributed by atoms with E-state index >= 15 is 0 Å². The predicted molar refractivity (Wildman–Crippen MR) is 43.5 cm³/mol. The first kappa shape index (κ1) is 7.42. The lowest BCUT2D eigenvalue weighted by Gasteiger charge is -2.15. The van der Waals surface area contributed by atoms with E-state index in [1.165, 1.54) is 25.4 Å². The Morgan fingerprint density at radius 1 is 1.44 bits per heavy atom. The van der Waals surface area contributed by atoms with Gasteiger partial charge in [-0.15, -0.1) is 11.8 Å². The maximum absolute atomic E-state index is 2.45. The monoisotopic (exact) mass is 144 g/mol. The summed E-state index contributed by atoms with van der Waals surface area (Å²) in [5.41, 5.74) is 0. The Morgan fingerprint density at radius 3 is 2.33 bits per heavy atom. The van der Waals surface area contributed by atoms with Gasteiger partial charge >= 0.3 is 0 Å². The second-order valence-electron chi connectivity index (χ2n) is 2.29. The summed E-state index contributed by atoms with van der Waals surface area (Å²) >= 11 is 2.00. The van der Waals surface area contributed by atoms with E-state index in [1.807, 2.05) is 11.8 Å². The van der Waals surface area contributed by atoms with Crippen molar-refractivity contribution in [2.75, 3.05) is 25.4 Å². The second-order valence-corrected chi connectivity index (χ2v) is 3.44. The van der Waals surface area contributed by atoms with Gasteiger partial charge in [-0.2, -0.15) is 0 Å². The molecule has 0 aromatic heterocycles. The first-order valence-corrected chi connectivity index (χ1v) is 4.55. The fourth-order valence-corrected chi connectivity index (χ4v) is 1.31. The topological polar surface area (TPSA) is 3.24 Å². The Bertz CT molecular complexity index is 77.0. The van der Waals surface area contributed by atoms with Gasteiger partial charge in [0.15, 0.2) is 0 Å². The molecule has 0 aromatic rings. The van der Waals surface area contributed by atoms with Crippen LogP contribution in [0.2, 0.25) is 0 Å². The highest BCUT2D eigenvalue weighted by atomic mass is 32.2. The fraction of sp³-hybridized carbons (Fsp3) is 0.857. The molecule has 0 aromatic carbocycles. The van der Waals surface area contributed by atoms with Gasteiger partial charge < -0.3 is 4.90 Å². The van der Waals surface area contributed by atoms with Gasteiger partial charge in [-0.3, -0.25) is 0 Å². The van der Waals surface area contributed by atoms with Gasteiger partial charge in [0.1, 0.15) is 0 Å². The van der Waals surface area contributed by atoms with Crippen molar-refractivity contribution in [2.45, 2.75) is 13.8 Å². The lowest BCUT2D eigenvalue weighted by Crippen LogP contribution is -2.24. The van der Waals surface area contributed by atoms with Crippen LogP contribution in [0.25, 0.3) is 0 Å². The summed E-state index contributed by atoms with van der Waals surface area (Å²) in [6.45, 7) is 8.06. The SMILES string of the molecule is CCN(CC)C[C]1CS1. The molecule has 0 bridgehead atoms. The zero-order chi connectivity index (χ0) is 6.69. The molecule has 0 spiro atoms. The molecule has 0 aliphatic carbocycles. The van der Waals surface area contributed by atoms with E-state index in [1.54, 1.807) is 5.25 Å². The Balaban J connectivity index is 2.05. The predicted octanol–water partition coefficient (Wildman–Crippen LogP) is 1.61. The van der Waals surface area contributed by atoms with Crippen molar-refractivity contribution in [1.29, 1.82) is 0 Å². The molecule has 0 N–H and O–H groups in total. The van der Waals surface area contributed by atoms with Crippen LogP contribution in [0.15, 0.2) is 0 Å². The molecular formula is C7H14NS. The molecule has 1 heterocycles. The van der Waals surface area contributed by atoms with E-state index in [-0.39, 0.29) is 0 Å². The lowest BCUT2D eigenvalue weighted by atomic mass is 10.4. The summed E-state index contributed by atoms with van der Waals surface area (Å²) in [6, 6.07) is 0. The van der Waals surface area contributed by atoms with Gasteiger partial charge in [-0.05, 0) is 13.1 Å².